The van der Waals surface area contributed by atoms with Crippen molar-refractivity contribution in [2.75, 3.05) is 18.5 Å². The number of para-hydroxylation sites is 1. The number of aliphatic carboxylic acids is 2. The summed E-state index contributed by atoms with van der Waals surface area (Å²) in [6.45, 7) is -0.450. The molecule has 4 N–H and O–H groups in total. The molecule has 1 atom stereocenters. The number of halogens is 3. The zero-order valence-electron chi connectivity index (χ0n) is 11.0. The van der Waals surface area contributed by atoms with Gasteiger partial charge in [0.2, 0.25) is 0 Å². The average Bonchev–Trinajstić information content (AvgIpc) is 2.39. The summed E-state index contributed by atoms with van der Waals surface area (Å²) in [6, 6.07) is 6.73. The van der Waals surface area contributed by atoms with Crippen molar-refractivity contribution in [3.8, 4) is 0 Å². The average molecular weight is 308 g/mol. The van der Waals surface area contributed by atoms with E-state index in [4.69, 9.17) is 25.5 Å². The Morgan fingerprint density at radius 1 is 1.19 bits per heavy atom. The minimum atomic E-state index is -4.31. The largest absolute Gasteiger partial charge is 0.473 e. The molecule has 0 radical (unpaired) electrons. The molecule has 21 heavy (non-hydrogen) atoms. The summed E-state index contributed by atoms with van der Waals surface area (Å²) in [5.74, 6) is -3.65. The van der Waals surface area contributed by atoms with E-state index in [2.05, 4.69) is 0 Å². The molecular formula is C12H15F3N2O4. The van der Waals surface area contributed by atoms with Gasteiger partial charge in [-0.15, -0.1) is 0 Å². The second-order valence-electron chi connectivity index (χ2n) is 3.85. The molecule has 0 fully saturated rings. The maximum Gasteiger partial charge on any atom is 0.414 e. The number of rotatable bonds is 3. The molecule has 0 aromatic heterocycles. The van der Waals surface area contributed by atoms with Gasteiger partial charge in [-0.05, 0) is 12.1 Å². The minimum Gasteiger partial charge on any atom is -0.473 e. The van der Waals surface area contributed by atoms with Crippen molar-refractivity contribution in [2.24, 2.45) is 5.73 Å². The summed E-state index contributed by atoms with van der Waals surface area (Å²) in [7, 11) is 1.39. The van der Waals surface area contributed by atoms with Crippen molar-refractivity contribution in [1.82, 2.24) is 0 Å². The number of benzene rings is 1. The van der Waals surface area contributed by atoms with E-state index in [0.717, 1.165) is 4.90 Å². The van der Waals surface area contributed by atoms with Gasteiger partial charge in [0.05, 0.1) is 0 Å². The molecule has 0 aliphatic carbocycles. The van der Waals surface area contributed by atoms with Gasteiger partial charge in [0.1, 0.15) is 6.04 Å². The number of carbonyl (C=O) groups is 2. The van der Waals surface area contributed by atoms with Gasteiger partial charge in [0.15, 0.2) is 0 Å². The number of nitrogens with zero attached hydrogens (tertiary/aromatic N) is 1. The first-order valence-corrected chi connectivity index (χ1v) is 5.62. The van der Waals surface area contributed by atoms with E-state index in [0.29, 0.717) is 5.69 Å². The highest BCUT2D eigenvalue weighted by molar-refractivity contribution is 6.27. The smallest absolute Gasteiger partial charge is 0.414 e. The molecular weight excluding hydrogens is 293 g/mol. The van der Waals surface area contributed by atoms with E-state index in [9.17, 15) is 13.2 Å². The van der Waals surface area contributed by atoms with Crippen molar-refractivity contribution < 1.29 is 33.0 Å². The summed E-state index contributed by atoms with van der Waals surface area (Å²) in [5, 5.41) is 14.8. The van der Waals surface area contributed by atoms with E-state index in [1.807, 2.05) is 0 Å². The zero-order chi connectivity index (χ0) is 16.6. The Morgan fingerprint density at radius 3 is 1.90 bits per heavy atom. The minimum absolute atomic E-state index is 0.450. The van der Waals surface area contributed by atoms with Gasteiger partial charge in [-0.2, -0.15) is 13.2 Å². The number of alkyl halides is 3. The van der Waals surface area contributed by atoms with Crippen LogP contribution in [-0.2, 0) is 9.59 Å². The molecule has 1 aromatic rings. The van der Waals surface area contributed by atoms with Crippen LogP contribution in [0.15, 0.2) is 30.3 Å². The standard InChI is InChI=1S/C10H13F3N2.C2H2O4/c1-15(8-5-3-2-4-6-8)9(7-14)10(11,12)13;3-1(4)2(5)6/h2-6,9H,7,14H2,1H3;(H,3,4)(H,5,6). The maximum atomic E-state index is 12.5. The van der Waals surface area contributed by atoms with Crippen LogP contribution in [0.3, 0.4) is 0 Å². The van der Waals surface area contributed by atoms with Gasteiger partial charge in [-0.3, -0.25) is 0 Å². The van der Waals surface area contributed by atoms with Gasteiger partial charge in [0, 0.05) is 19.3 Å². The molecule has 0 aliphatic rings. The highest BCUT2D eigenvalue weighted by Crippen LogP contribution is 2.26. The third-order valence-electron chi connectivity index (χ3n) is 2.42. The molecule has 0 heterocycles. The van der Waals surface area contributed by atoms with E-state index >= 15 is 0 Å². The summed E-state index contributed by atoms with van der Waals surface area (Å²) in [5.41, 5.74) is 5.64. The van der Waals surface area contributed by atoms with Crippen LogP contribution >= 0.6 is 0 Å². The molecule has 0 bridgehead atoms. The highest BCUT2D eigenvalue weighted by Gasteiger charge is 2.41. The monoisotopic (exact) mass is 308 g/mol. The molecule has 6 nitrogen and oxygen atoms in total. The van der Waals surface area contributed by atoms with Gasteiger partial charge >= 0.3 is 18.1 Å². The quantitative estimate of drug-likeness (QED) is 0.724. The Morgan fingerprint density at radius 2 is 1.62 bits per heavy atom. The second-order valence-corrected chi connectivity index (χ2v) is 3.85. The Hall–Kier alpha value is -2.29. The van der Waals surface area contributed by atoms with Crippen molar-refractivity contribution in [3.05, 3.63) is 30.3 Å². The van der Waals surface area contributed by atoms with Crippen LogP contribution in [0.5, 0.6) is 0 Å². The van der Waals surface area contributed by atoms with Crippen molar-refractivity contribution in [2.45, 2.75) is 12.2 Å². The first-order valence-electron chi connectivity index (χ1n) is 5.62. The van der Waals surface area contributed by atoms with Crippen LogP contribution in [0.2, 0.25) is 0 Å². The molecule has 0 saturated carbocycles. The predicted octanol–water partition coefficient (Wildman–Crippen LogP) is 1.17. The Bertz CT molecular complexity index is 453. The van der Waals surface area contributed by atoms with E-state index in [1.165, 1.54) is 7.05 Å². The second kappa shape index (κ2) is 8.10. The summed E-state index contributed by atoms with van der Waals surface area (Å²) in [6.07, 6.45) is -4.31. The third kappa shape index (κ3) is 6.61. The molecule has 0 aliphatic heterocycles. The van der Waals surface area contributed by atoms with Gasteiger partial charge in [0.25, 0.3) is 0 Å². The topological polar surface area (TPSA) is 104 Å². The van der Waals surface area contributed by atoms with Gasteiger partial charge in [-0.1, -0.05) is 18.2 Å². The Labute approximate surface area is 118 Å². The lowest BCUT2D eigenvalue weighted by Gasteiger charge is -2.30. The van der Waals surface area contributed by atoms with Crippen LogP contribution in [0.4, 0.5) is 18.9 Å². The van der Waals surface area contributed by atoms with E-state index in [1.54, 1.807) is 30.3 Å². The number of anilines is 1. The molecule has 9 heteroatoms. The van der Waals surface area contributed by atoms with Crippen molar-refractivity contribution >= 4 is 17.6 Å². The fourth-order valence-electron chi connectivity index (χ4n) is 1.35. The van der Waals surface area contributed by atoms with E-state index < -0.39 is 30.7 Å². The van der Waals surface area contributed by atoms with Crippen molar-refractivity contribution in [3.63, 3.8) is 0 Å². The number of nitrogens with two attached hydrogens (primary N) is 1. The fourth-order valence-corrected chi connectivity index (χ4v) is 1.35. The number of hydrogen-bond donors (Lipinski definition) is 3. The number of carboxylic acids is 2. The molecule has 0 amide bonds. The Balaban J connectivity index is 0.000000567. The fraction of sp³-hybridized carbons (Fsp3) is 0.333. The molecule has 118 valence electrons. The molecule has 0 spiro atoms. The number of likely N-dealkylation sites (N-methyl/N-ethyl adjacent to an activating group) is 1. The first-order chi connectivity index (χ1) is 9.61. The van der Waals surface area contributed by atoms with Crippen LogP contribution in [-0.4, -0.2) is 48.0 Å². The maximum absolute atomic E-state index is 12.5. The van der Waals surface area contributed by atoms with Crippen LogP contribution in [0, 0.1) is 0 Å². The Kier molecular flexibility index (Phi) is 7.22. The SMILES string of the molecule is CN(c1ccccc1)C(CN)C(F)(F)F.O=C(O)C(=O)O. The van der Waals surface area contributed by atoms with Gasteiger partial charge < -0.3 is 20.8 Å². The molecule has 1 aromatic carbocycles. The van der Waals surface area contributed by atoms with Crippen LogP contribution < -0.4 is 10.6 Å². The molecule has 0 saturated heterocycles. The van der Waals surface area contributed by atoms with Crippen molar-refractivity contribution in [1.29, 1.82) is 0 Å². The van der Waals surface area contributed by atoms with Crippen LogP contribution in [0.25, 0.3) is 0 Å². The third-order valence-corrected chi connectivity index (χ3v) is 2.42. The lowest BCUT2D eigenvalue weighted by atomic mass is 10.2. The zero-order valence-corrected chi connectivity index (χ0v) is 11.0. The summed E-state index contributed by atoms with van der Waals surface area (Å²) in [4.78, 5) is 19.3. The van der Waals surface area contributed by atoms with E-state index in [-0.39, 0.29) is 0 Å². The number of carboxylic acid groups (broad SMARTS) is 2. The molecule has 1 unspecified atom stereocenters. The first kappa shape index (κ1) is 18.7. The van der Waals surface area contributed by atoms with Gasteiger partial charge in [-0.25, -0.2) is 9.59 Å². The summed E-state index contributed by atoms with van der Waals surface area (Å²) >= 11 is 0. The normalized spacial score (nSPS) is 11.9. The molecule has 1 rings (SSSR count). The lowest BCUT2D eigenvalue weighted by Crippen LogP contribution is -2.48. The predicted molar refractivity (Wildman–Crippen MR) is 69.0 cm³/mol. The highest BCUT2D eigenvalue weighted by atomic mass is 19.4. The number of hydrogen-bond acceptors (Lipinski definition) is 4. The van der Waals surface area contributed by atoms with Crippen LogP contribution in [0.1, 0.15) is 0 Å². The summed E-state index contributed by atoms with van der Waals surface area (Å²) < 4.78 is 37.6. The lowest BCUT2D eigenvalue weighted by molar-refractivity contribution is -0.159.